The molecule has 0 atom stereocenters. The lowest BCUT2D eigenvalue weighted by Crippen LogP contribution is -2.40. The molecule has 0 fully saturated rings. The topological polar surface area (TPSA) is 91.5 Å². The van der Waals surface area contributed by atoms with Crippen molar-refractivity contribution >= 4 is 18.3 Å². The Morgan fingerprint density at radius 3 is 2.38 bits per heavy atom. The zero-order valence-corrected chi connectivity index (χ0v) is 15.3. The highest BCUT2D eigenvalue weighted by Gasteiger charge is 2.22. The van der Waals surface area contributed by atoms with E-state index in [1.807, 2.05) is 6.92 Å². The number of nitrogens with zero attached hydrogens (tertiary/aromatic N) is 1. The summed E-state index contributed by atoms with van der Waals surface area (Å²) in [6.07, 6.45) is 0.197. The summed E-state index contributed by atoms with van der Waals surface area (Å²) in [6.45, 7) is 11.9. The lowest BCUT2D eigenvalue weighted by Gasteiger charge is -2.23. The number of ether oxygens (including phenoxy) is 1. The van der Waals surface area contributed by atoms with Crippen molar-refractivity contribution in [2.75, 3.05) is 19.6 Å². The number of rotatable bonds is 6. The predicted octanol–water partition coefficient (Wildman–Crippen LogP) is 2.43. The first-order valence-electron chi connectivity index (χ1n) is 8.01. The van der Waals surface area contributed by atoms with Gasteiger partial charge in [0, 0.05) is 25.3 Å². The Morgan fingerprint density at radius 1 is 1.29 bits per heavy atom. The number of amides is 2. The summed E-state index contributed by atoms with van der Waals surface area (Å²) < 4.78 is 5.16. The average molecular weight is 337 g/mol. The predicted molar refractivity (Wildman–Crippen MR) is 91.5 cm³/mol. The molecule has 0 radical (unpaired) electrons. The summed E-state index contributed by atoms with van der Waals surface area (Å²) in [4.78, 5) is 39.9. The highest BCUT2D eigenvalue weighted by Crippen LogP contribution is 2.18. The monoisotopic (exact) mass is 337 g/mol. The Bertz CT molecular complexity index is 614. The normalized spacial score (nSPS) is 11.1. The molecule has 2 N–H and O–H groups in total. The minimum Gasteiger partial charge on any atom is -0.444 e. The highest BCUT2D eigenvalue weighted by molar-refractivity contribution is 5.99. The fourth-order valence-electron chi connectivity index (χ4n) is 2.38. The van der Waals surface area contributed by atoms with Gasteiger partial charge in [-0.1, -0.05) is 0 Å². The molecular formula is C17H27N3O4. The fraction of sp³-hybridized carbons (Fsp3) is 0.588. The molecule has 7 heteroatoms. The number of aromatic nitrogens is 1. The van der Waals surface area contributed by atoms with Crippen LogP contribution in [-0.4, -0.2) is 53.4 Å². The molecule has 1 aromatic heterocycles. The van der Waals surface area contributed by atoms with E-state index in [2.05, 4.69) is 10.3 Å². The van der Waals surface area contributed by atoms with Crippen LogP contribution in [0.5, 0.6) is 0 Å². The molecule has 24 heavy (non-hydrogen) atoms. The number of aldehydes is 1. The van der Waals surface area contributed by atoms with Crippen LogP contribution in [0.4, 0.5) is 4.79 Å². The van der Waals surface area contributed by atoms with E-state index in [1.165, 1.54) is 0 Å². The van der Waals surface area contributed by atoms with E-state index in [1.54, 1.807) is 39.5 Å². The van der Waals surface area contributed by atoms with Crippen molar-refractivity contribution < 1.29 is 19.1 Å². The van der Waals surface area contributed by atoms with Crippen LogP contribution in [0.3, 0.4) is 0 Å². The third-order valence-corrected chi connectivity index (χ3v) is 3.53. The molecule has 0 unspecified atom stereocenters. The molecule has 0 aliphatic rings. The van der Waals surface area contributed by atoms with Crippen LogP contribution in [-0.2, 0) is 4.74 Å². The van der Waals surface area contributed by atoms with Gasteiger partial charge in [0.15, 0.2) is 6.29 Å². The van der Waals surface area contributed by atoms with Crippen LogP contribution in [0.25, 0.3) is 0 Å². The molecule has 0 aliphatic carbocycles. The zero-order chi connectivity index (χ0) is 18.5. The van der Waals surface area contributed by atoms with Crippen LogP contribution in [0.15, 0.2) is 0 Å². The largest absolute Gasteiger partial charge is 0.444 e. The lowest BCUT2D eigenvalue weighted by molar-refractivity contribution is 0.0514. The van der Waals surface area contributed by atoms with E-state index in [0.717, 1.165) is 0 Å². The number of aromatic amines is 1. The maximum absolute atomic E-state index is 12.7. The molecule has 1 aromatic rings. The maximum atomic E-state index is 12.7. The molecule has 0 saturated heterocycles. The van der Waals surface area contributed by atoms with E-state index in [-0.39, 0.29) is 12.5 Å². The van der Waals surface area contributed by atoms with Gasteiger partial charge in [-0.25, -0.2) is 4.79 Å². The van der Waals surface area contributed by atoms with Gasteiger partial charge in [-0.05, 0) is 47.1 Å². The van der Waals surface area contributed by atoms with Gasteiger partial charge >= 0.3 is 6.09 Å². The Labute approximate surface area is 142 Å². The number of alkyl carbamates (subject to hydrolysis) is 1. The quantitative estimate of drug-likeness (QED) is 0.780. The number of carbonyl (C=O) groups is 3. The van der Waals surface area contributed by atoms with Gasteiger partial charge in [0.25, 0.3) is 5.91 Å². The van der Waals surface area contributed by atoms with Crippen LogP contribution in [0, 0.1) is 13.8 Å². The second-order valence-electron chi connectivity index (χ2n) is 6.60. The van der Waals surface area contributed by atoms with E-state index in [0.29, 0.717) is 41.9 Å². The van der Waals surface area contributed by atoms with Crippen LogP contribution < -0.4 is 5.32 Å². The highest BCUT2D eigenvalue weighted by atomic mass is 16.6. The third kappa shape index (κ3) is 5.11. The molecule has 134 valence electrons. The molecule has 2 amide bonds. The van der Waals surface area contributed by atoms with Gasteiger partial charge in [0.1, 0.15) is 5.60 Å². The molecular weight excluding hydrogens is 310 g/mol. The Morgan fingerprint density at radius 2 is 1.92 bits per heavy atom. The van der Waals surface area contributed by atoms with Crippen molar-refractivity contribution in [3.05, 3.63) is 22.5 Å². The second kappa shape index (κ2) is 7.99. The minimum absolute atomic E-state index is 0.164. The number of hydrogen-bond acceptors (Lipinski definition) is 4. The summed E-state index contributed by atoms with van der Waals surface area (Å²) in [5.74, 6) is -0.164. The van der Waals surface area contributed by atoms with E-state index >= 15 is 0 Å². The Balaban J connectivity index is 2.70. The van der Waals surface area contributed by atoms with Gasteiger partial charge in [-0.3, -0.25) is 9.59 Å². The van der Waals surface area contributed by atoms with Crippen LogP contribution in [0.1, 0.15) is 59.8 Å². The van der Waals surface area contributed by atoms with Gasteiger partial charge in [0.05, 0.1) is 11.3 Å². The van der Waals surface area contributed by atoms with Gasteiger partial charge < -0.3 is 19.9 Å². The van der Waals surface area contributed by atoms with Crippen LogP contribution >= 0.6 is 0 Å². The third-order valence-electron chi connectivity index (χ3n) is 3.53. The molecule has 1 heterocycles. The first kappa shape index (κ1) is 19.7. The van der Waals surface area contributed by atoms with Gasteiger partial charge in [-0.15, -0.1) is 0 Å². The summed E-state index contributed by atoms with van der Waals surface area (Å²) in [6, 6.07) is 0. The number of hydrogen-bond donors (Lipinski definition) is 2. The standard InChI is InChI=1S/C17H27N3O4/c1-7-20(9-8-18-16(23)24-17(4,5)6)15(22)14-11(2)13(10-21)19-12(14)3/h10,19H,7-9H2,1-6H3,(H,18,23). The Kier molecular flexibility index (Phi) is 6.57. The van der Waals surface area contributed by atoms with E-state index in [4.69, 9.17) is 4.74 Å². The molecule has 0 spiro atoms. The van der Waals surface area contributed by atoms with Gasteiger partial charge in [0.2, 0.25) is 0 Å². The fourth-order valence-corrected chi connectivity index (χ4v) is 2.38. The molecule has 7 nitrogen and oxygen atoms in total. The summed E-state index contributed by atoms with van der Waals surface area (Å²) >= 11 is 0. The first-order chi connectivity index (χ1) is 11.1. The lowest BCUT2D eigenvalue weighted by atomic mass is 10.1. The van der Waals surface area contributed by atoms with Gasteiger partial charge in [-0.2, -0.15) is 0 Å². The summed E-state index contributed by atoms with van der Waals surface area (Å²) in [7, 11) is 0. The number of carbonyl (C=O) groups excluding carboxylic acids is 3. The zero-order valence-electron chi connectivity index (χ0n) is 15.3. The van der Waals surface area contributed by atoms with Crippen molar-refractivity contribution in [3.8, 4) is 0 Å². The van der Waals surface area contributed by atoms with E-state index < -0.39 is 11.7 Å². The number of nitrogens with one attached hydrogen (secondary N) is 2. The van der Waals surface area contributed by atoms with Crippen LogP contribution in [0.2, 0.25) is 0 Å². The average Bonchev–Trinajstić information content (AvgIpc) is 2.75. The second-order valence-corrected chi connectivity index (χ2v) is 6.60. The summed E-state index contributed by atoms with van der Waals surface area (Å²) in [5.41, 5.74) is 1.67. The number of likely N-dealkylation sites (N-methyl/N-ethyl adjacent to an activating group) is 1. The SMILES string of the molecule is CCN(CCNC(=O)OC(C)(C)C)C(=O)c1c(C)[nH]c(C=O)c1C. The summed E-state index contributed by atoms with van der Waals surface area (Å²) in [5, 5.41) is 2.64. The molecule has 0 bridgehead atoms. The van der Waals surface area contributed by atoms with E-state index in [9.17, 15) is 14.4 Å². The molecule has 0 aliphatic heterocycles. The minimum atomic E-state index is -0.561. The number of H-pyrrole nitrogens is 1. The molecule has 0 saturated carbocycles. The number of aryl methyl sites for hydroxylation is 1. The van der Waals surface area contributed by atoms with Crippen molar-refractivity contribution in [1.29, 1.82) is 0 Å². The van der Waals surface area contributed by atoms with Crippen molar-refractivity contribution in [2.45, 2.75) is 47.1 Å². The molecule has 1 rings (SSSR count). The molecule has 0 aromatic carbocycles. The van der Waals surface area contributed by atoms with Crippen molar-refractivity contribution in [2.24, 2.45) is 0 Å². The first-order valence-corrected chi connectivity index (χ1v) is 8.01. The maximum Gasteiger partial charge on any atom is 0.407 e. The Hall–Kier alpha value is -2.31. The van der Waals surface area contributed by atoms with Crippen molar-refractivity contribution in [3.63, 3.8) is 0 Å². The smallest absolute Gasteiger partial charge is 0.407 e. The van der Waals surface area contributed by atoms with Crippen molar-refractivity contribution in [1.82, 2.24) is 15.2 Å².